The summed E-state index contributed by atoms with van der Waals surface area (Å²) >= 11 is 0. The molecule has 0 saturated carbocycles. The Hall–Kier alpha value is -4.87. The zero-order chi connectivity index (χ0) is 28.3. The second-order valence-corrected chi connectivity index (χ2v) is 9.86. The standard InChI is InChI=1S/C27H28N4O8/c1-27(2,3)39-26(36)31-14-17(37-23(33)15-10-6-4-7-11-15)20(38-24(34)16-12-8-5-9-13-16)19(31)18-21(28)29-25(35)30-22(18)32/h4-13,17,19-20H,14H2,1-3H3,(H4,28,29,30,32,35)/t17-,19-,20+/m0/s1. The SMILES string of the molecule is CC(C)(C)OC(=O)N1C[C@H](OC(=O)c2ccccc2)[C@@H](OC(=O)c2ccccc2)[C@@H]1c1c(N)[nH]c(=O)[nH]c1=O. The van der Waals surface area contributed by atoms with Gasteiger partial charge in [-0.25, -0.2) is 19.2 Å². The van der Waals surface area contributed by atoms with Crippen LogP contribution in [0.2, 0.25) is 0 Å². The summed E-state index contributed by atoms with van der Waals surface area (Å²) in [4.78, 5) is 69.7. The van der Waals surface area contributed by atoms with Gasteiger partial charge in [-0.1, -0.05) is 36.4 Å². The molecule has 1 aromatic heterocycles. The summed E-state index contributed by atoms with van der Waals surface area (Å²) < 4.78 is 17.1. The van der Waals surface area contributed by atoms with Gasteiger partial charge in [-0.05, 0) is 45.0 Å². The third kappa shape index (κ3) is 6.17. The molecular formula is C27H28N4O8. The molecule has 0 spiro atoms. The van der Waals surface area contributed by atoms with Gasteiger partial charge in [-0.15, -0.1) is 0 Å². The van der Waals surface area contributed by atoms with E-state index in [0.29, 0.717) is 0 Å². The number of nitrogens with one attached hydrogen (secondary N) is 2. The number of hydrogen-bond donors (Lipinski definition) is 3. The van der Waals surface area contributed by atoms with Crippen LogP contribution in [0.4, 0.5) is 10.6 Å². The number of carbonyl (C=O) groups is 3. The summed E-state index contributed by atoms with van der Waals surface area (Å²) in [5, 5.41) is 0. The van der Waals surface area contributed by atoms with Gasteiger partial charge in [-0.2, -0.15) is 0 Å². The number of likely N-dealkylation sites (tertiary alicyclic amines) is 1. The predicted molar refractivity (Wildman–Crippen MR) is 139 cm³/mol. The average molecular weight is 537 g/mol. The molecule has 39 heavy (non-hydrogen) atoms. The number of benzene rings is 2. The van der Waals surface area contributed by atoms with Crippen molar-refractivity contribution < 1.29 is 28.6 Å². The fraction of sp³-hybridized carbons (Fsp3) is 0.296. The third-order valence-corrected chi connectivity index (χ3v) is 5.84. The van der Waals surface area contributed by atoms with E-state index in [1.54, 1.807) is 57.2 Å². The van der Waals surface area contributed by atoms with E-state index < -0.39 is 53.1 Å². The normalized spacial score (nSPS) is 18.8. The Kier molecular flexibility index (Phi) is 7.56. The van der Waals surface area contributed by atoms with Crippen molar-refractivity contribution in [3.8, 4) is 0 Å². The van der Waals surface area contributed by atoms with Gasteiger partial charge in [0, 0.05) is 0 Å². The average Bonchev–Trinajstić information content (AvgIpc) is 3.21. The highest BCUT2D eigenvalue weighted by molar-refractivity contribution is 5.90. The van der Waals surface area contributed by atoms with Crippen LogP contribution in [0.1, 0.15) is 53.1 Å². The summed E-state index contributed by atoms with van der Waals surface area (Å²) in [5.74, 6) is -1.88. The Morgan fingerprint density at radius 3 is 1.92 bits per heavy atom. The Morgan fingerprint density at radius 1 is 0.872 bits per heavy atom. The second kappa shape index (κ2) is 10.9. The number of aromatic amines is 2. The first kappa shape index (κ1) is 27.2. The van der Waals surface area contributed by atoms with Crippen molar-refractivity contribution in [2.24, 2.45) is 0 Å². The molecule has 0 radical (unpaired) electrons. The zero-order valence-corrected chi connectivity index (χ0v) is 21.5. The summed E-state index contributed by atoms with van der Waals surface area (Å²) in [6.07, 6.45) is -3.50. The van der Waals surface area contributed by atoms with Gasteiger partial charge in [0.25, 0.3) is 5.56 Å². The largest absolute Gasteiger partial charge is 0.453 e. The maximum Gasteiger partial charge on any atom is 0.411 e. The maximum atomic E-state index is 13.3. The van der Waals surface area contributed by atoms with Crippen molar-refractivity contribution in [3.63, 3.8) is 0 Å². The minimum atomic E-state index is -1.40. The van der Waals surface area contributed by atoms with Crippen molar-refractivity contribution >= 4 is 23.8 Å². The van der Waals surface area contributed by atoms with Crippen molar-refractivity contribution in [2.45, 2.75) is 44.6 Å². The first-order chi connectivity index (χ1) is 18.4. The van der Waals surface area contributed by atoms with Crippen LogP contribution in [0.25, 0.3) is 0 Å². The molecule has 3 atom stereocenters. The molecule has 1 fully saturated rings. The third-order valence-electron chi connectivity index (χ3n) is 5.84. The molecule has 2 heterocycles. The molecule has 3 aromatic rings. The molecule has 2 aromatic carbocycles. The smallest absolute Gasteiger partial charge is 0.411 e. The number of aromatic nitrogens is 2. The molecule has 204 valence electrons. The van der Waals surface area contributed by atoms with E-state index in [1.165, 1.54) is 24.3 Å². The number of nitrogens with two attached hydrogens (primary N) is 1. The molecule has 4 N–H and O–H groups in total. The lowest BCUT2D eigenvalue weighted by Crippen LogP contribution is -2.42. The zero-order valence-electron chi connectivity index (χ0n) is 21.5. The molecule has 0 aliphatic carbocycles. The minimum absolute atomic E-state index is 0.184. The van der Waals surface area contributed by atoms with Crippen molar-refractivity contribution in [2.75, 3.05) is 12.3 Å². The molecule has 1 saturated heterocycles. The highest BCUT2D eigenvalue weighted by atomic mass is 16.6. The highest BCUT2D eigenvalue weighted by Gasteiger charge is 2.52. The first-order valence-corrected chi connectivity index (χ1v) is 12.1. The highest BCUT2D eigenvalue weighted by Crippen LogP contribution is 2.38. The summed E-state index contributed by atoms with van der Waals surface area (Å²) in [6.45, 7) is 4.65. The number of esters is 2. The van der Waals surface area contributed by atoms with Crippen LogP contribution in [-0.2, 0) is 14.2 Å². The first-order valence-electron chi connectivity index (χ1n) is 12.1. The molecule has 1 aliphatic heterocycles. The quantitative estimate of drug-likeness (QED) is 0.327. The van der Waals surface area contributed by atoms with E-state index in [0.717, 1.165) is 4.90 Å². The number of nitrogen functional groups attached to an aromatic ring is 1. The second-order valence-electron chi connectivity index (χ2n) is 9.86. The Labute approximate surface area is 222 Å². The molecule has 0 unspecified atom stereocenters. The Morgan fingerprint density at radius 2 is 1.41 bits per heavy atom. The van der Waals surface area contributed by atoms with Crippen LogP contribution in [0.3, 0.4) is 0 Å². The molecular weight excluding hydrogens is 508 g/mol. The summed E-state index contributed by atoms with van der Waals surface area (Å²) in [7, 11) is 0. The minimum Gasteiger partial charge on any atom is -0.453 e. The molecule has 1 aliphatic rings. The van der Waals surface area contributed by atoms with E-state index >= 15 is 0 Å². The molecule has 12 nitrogen and oxygen atoms in total. The van der Waals surface area contributed by atoms with Gasteiger partial charge >= 0.3 is 23.7 Å². The molecule has 12 heteroatoms. The van der Waals surface area contributed by atoms with Crippen molar-refractivity contribution in [1.82, 2.24) is 14.9 Å². The fourth-order valence-corrected chi connectivity index (χ4v) is 4.22. The Balaban J connectivity index is 1.81. The van der Waals surface area contributed by atoms with E-state index in [1.807, 2.05) is 0 Å². The Bertz CT molecular complexity index is 1480. The van der Waals surface area contributed by atoms with Crippen LogP contribution in [-0.4, -0.2) is 57.3 Å². The fourth-order valence-electron chi connectivity index (χ4n) is 4.22. The van der Waals surface area contributed by atoms with Gasteiger partial charge in [0.15, 0.2) is 12.2 Å². The molecule has 1 amide bonds. The predicted octanol–water partition coefficient (Wildman–Crippen LogP) is 2.39. The van der Waals surface area contributed by atoms with Gasteiger partial charge in [0.1, 0.15) is 17.5 Å². The van der Waals surface area contributed by atoms with Gasteiger partial charge in [-0.3, -0.25) is 19.7 Å². The van der Waals surface area contributed by atoms with Gasteiger partial charge in [0.2, 0.25) is 0 Å². The number of anilines is 1. The van der Waals surface area contributed by atoms with Crippen molar-refractivity contribution in [1.29, 1.82) is 0 Å². The van der Waals surface area contributed by atoms with Crippen LogP contribution in [0.5, 0.6) is 0 Å². The number of nitrogens with zero attached hydrogens (tertiary/aromatic N) is 1. The van der Waals surface area contributed by atoms with E-state index in [-0.39, 0.29) is 29.1 Å². The van der Waals surface area contributed by atoms with Crippen LogP contribution in [0.15, 0.2) is 70.3 Å². The van der Waals surface area contributed by atoms with E-state index in [2.05, 4.69) is 9.97 Å². The van der Waals surface area contributed by atoms with Gasteiger partial charge < -0.3 is 19.9 Å². The van der Waals surface area contributed by atoms with Gasteiger partial charge in [0.05, 0.1) is 23.2 Å². The van der Waals surface area contributed by atoms with Crippen LogP contribution < -0.4 is 17.0 Å². The lowest BCUT2D eigenvalue weighted by atomic mass is 10.0. The number of amides is 1. The van der Waals surface area contributed by atoms with Crippen LogP contribution in [0, 0.1) is 0 Å². The monoisotopic (exact) mass is 536 g/mol. The maximum absolute atomic E-state index is 13.3. The summed E-state index contributed by atoms with van der Waals surface area (Å²) in [5.41, 5.74) is 3.47. The number of hydrogen-bond acceptors (Lipinski definition) is 9. The topological polar surface area (TPSA) is 174 Å². The van der Waals surface area contributed by atoms with E-state index in [4.69, 9.17) is 19.9 Å². The van der Waals surface area contributed by atoms with Crippen molar-refractivity contribution in [3.05, 3.63) is 98.2 Å². The number of H-pyrrole nitrogens is 2. The lowest BCUT2D eigenvalue weighted by molar-refractivity contribution is -0.0270. The molecule has 0 bridgehead atoms. The molecule has 4 rings (SSSR count). The number of rotatable bonds is 5. The van der Waals surface area contributed by atoms with Crippen LogP contribution >= 0.6 is 0 Å². The number of carbonyl (C=O) groups excluding carboxylic acids is 3. The lowest BCUT2D eigenvalue weighted by Gasteiger charge is -2.30. The van der Waals surface area contributed by atoms with E-state index in [9.17, 15) is 24.0 Å². The summed E-state index contributed by atoms with van der Waals surface area (Å²) in [6, 6.07) is 14.7. The number of ether oxygens (including phenoxy) is 3.